The first kappa shape index (κ1) is 25.3. The molecular formula is C30H47FO. The van der Waals surface area contributed by atoms with Crippen molar-refractivity contribution in [1.82, 2.24) is 0 Å². The zero-order valence-electron chi connectivity index (χ0n) is 20.6. The fourth-order valence-corrected chi connectivity index (χ4v) is 6.01. The van der Waals surface area contributed by atoms with Gasteiger partial charge in [0, 0.05) is 0 Å². The number of ether oxygens (including phenoxy) is 1. The molecule has 0 spiro atoms. The summed E-state index contributed by atoms with van der Waals surface area (Å²) in [6.45, 7) is 3.10. The summed E-state index contributed by atoms with van der Waals surface area (Å²) in [6, 6.07) is 9.00. The average Bonchev–Trinajstić information content (AvgIpc) is 2.84. The third-order valence-corrected chi connectivity index (χ3v) is 8.25. The minimum atomic E-state index is 0.709. The fourth-order valence-electron chi connectivity index (χ4n) is 6.01. The third-order valence-electron chi connectivity index (χ3n) is 8.25. The maximum absolute atomic E-state index is 12.1. The van der Waals surface area contributed by atoms with Gasteiger partial charge in [0.15, 0.2) is 0 Å². The lowest BCUT2D eigenvalue weighted by Gasteiger charge is -2.32. The highest BCUT2D eigenvalue weighted by atomic mass is 19.1. The molecule has 0 unspecified atom stereocenters. The van der Waals surface area contributed by atoms with E-state index in [9.17, 15) is 4.39 Å². The van der Waals surface area contributed by atoms with Crippen molar-refractivity contribution in [3.05, 3.63) is 42.2 Å². The molecule has 180 valence electrons. The quantitative estimate of drug-likeness (QED) is 0.276. The molecule has 0 atom stereocenters. The normalized spacial score (nSPS) is 26.4. The van der Waals surface area contributed by atoms with Crippen molar-refractivity contribution in [3.8, 4) is 5.75 Å². The van der Waals surface area contributed by atoms with Gasteiger partial charge in [-0.25, -0.2) is 4.39 Å². The molecule has 2 heteroatoms. The molecule has 2 aliphatic rings. The molecule has 2 aliphatic carbocycles. The zero-order valence-corrected chi connectivity index (χ0v) is 20.6. The maximum Gasteiger partial charge on any atom is 0.119 e. The molecule has 0 heterocycles. The highest BCUT2D eigenvalue weighted by Crippen LogP contribution is 2.40. The lowest BCUT2D eigenvalue weighted by Crippen LogP contribution is -2.17. The molecule has 1 aromatic rings. The van der Waals surface area contributed by atoms with E-state index in [-0.39, 0.29) is 0 Å². The molecule has 3 rings (SSSR count). The zero-order chi connectivity index (χ0) is 22.4. The number of unbranched alkanes of at least 4 members (excludes halogenated alkanes) is 3. The van der Waals surface area contributed by atoms with Gasteiger partial charge in [0.25, 0.3) is 0 Å². The van der Waals surface area contributed by atoms with Gasteiger partial charge in [0.1, 0.15) is 5.75 Å². The van der Waals surface area contributed by atoms with E-state index in [1.807, 2.05) is 0 Å². The Hall–Kier alpha value is -1.31. The van der Waals surface area contributed by atoms with Crippen LogP contribution in [0.25, 0.3) is 0 Å². The molecule has 0 N–H and O–H groups in total. The van der Waals surface area contributed by atoms with E-state index in [1.165, 1.54) is 102 Å². The molecule has 0 bridgehead atoms. The third kappa shape index (κ3) is 8.91. The molecule has 0 aromatic heterocycles. The summed E-state index contributed by atoms with van der Waals surface area (Å²) in [5, 5.41) is 0. The van der Waals surface area contributed by atoms with Crippen LogP contribution < -0.4 is 4.74 Å². The Bertz CT molecular complexity index is 621. The topological polar surface area (TPSA) is 9.23 Å². The van der Waals surface area contributed by atoms with E-state index < -0.39 is 0 Å². The van der Waals surface area contributed by atoms with Crippen LogP contribution in [0.4, 0.5) is 4.39 Å². The molecule has 32 heavy (non-hydrogen) atoms. The second-order valence-corrected chi connectivity index (χ2v) is 10.6. The van der Waals surface area contributed by atoms with Gasteiger partial charge in [0.2, 0.25) is 0 Å². The lowest BCUT2D eigenvalue weighted by atomic mass is 9.74. The Morgan fingerprint density at radius 3 is 1.97 bits per heavy atom. The van der Waals surface area contributed by atoms with Crippen LogP contribution >= 0.6 is 0 Å². The first-order valence-electron chi connectivity index (χ1n) is 13.8. The summed E-state index contributed by atoms with van der Waals surface area (Å²) in [6.07, 6.45) is 23.5. The fraction of sp³-hybridized carbons (Fsp3) is 0.733. The Morgan fingerprint density at radius 2 is 1.38 bits per heavy atom. The first-order chi connectivity index (χ1) is 15.8. The molecule has 1 nitrogen and oxygen atoms in total. The van der Waals surface area contributed by atoms with Crippen molar-refractivity contribution in [2.75, 3.05) is 6.61 Å². The van der Waals surface area contributed by atoms with Crippen LogP contribution in [0.2, 0.25) is 0 Å². The van der Waals surface area contributed by atoms with Gasteiger partial charge < -0.3 is 4.74 Å². The number of hydrogen-bond donors (Lipinski definition) is 0. The van der Waals surface area contributed by atoms with Crippen molar-refractivity contribution >= 4 is 0 Å². The van der Waals surface area contributed by atoms with Crippen molar-refractivity contribution in [2.45, 2.75) is 116 Å². The molecule has 0 radical (unpaired) electrons. The SMILES string of the molecule is CCCCCCOc1ccc([C@H]2CC[C@H](CC[C@H]3CC[C@H](CCC=CF)CC3)CC2)cc1. The van der Waals surface area contributed by atoms with E-state index in [1.54, 1.807) is 6.08 Å². The summed E-state index contributed by atoms with van der Waals surface area (Å²) in [5.74, 6) is 4.53. The van der Waals surface area contributed by atoms with Gasteiger partial charge >= 0.3 is 0 Å². The van der Waals surface area contributed by atoms with Crippen LogP contribution in [-0.4, -0.2) is 6.61 Å². The second kappa shape index (κ2) is 14.8. The Balaban J connectivity index is 1.28. The van der Waals surface area contributed by atoms with E-state index in [0.717, 1.165) is 42.4 Å². The number of halogens is 1. The summed E-state index contributed by atoms with van der Waals surface area (Å²) in [7, 11) is 0. The number of allylic oxidation sites excluding steroid dienone is 1. The van der Waals surface area contributed by atoms with Crippen LogP contribution in [0.15, 0.2) is 36.7 Å². The van der Waals surface area contributed by atoms with Gasteiger partial charge in [0.05, 0.1) is 12.9 Å². The Kier molecular flexibility index (Phi) is 11.7. The van der Waals surface area contributed by atoms with Gasteiger partial charge in [-0.1, -0.05) is 82.9 Å². The average molecular weight is 443 g/mol. The van der Waals surface area contributed by atoms with E-state index >= 15 is 0 Å². The lowest BCUT2D eigenvalue weighted by molar-refractivity contribution is 0.225. The smallest absolute Gasteiger partial charge is 0.119 e. The van der Waals surface area contributed by atoms with Crippen LogP contribution in [-0.2, 0) is 0 Å². The van der Waals surface area contributed by atoms with Crippen LogP contribution in [0.5, 0.6) is 5.75 Å². The summed E-state index contributed by atoms with van der Waals surface area (Å²) in [5.41, 5.74) is 1.52. The van der Waals surface area contributed by atoms with Crippen LogP contribution in [0, 0.1) is 17.8 Å². The number of rotatable bonds is 13. The number of benzene rings is 1. The van der Waals surface area contributed by atoms with Gasteiger partial charge in [-0.05, 0) is 86.3 Å². The predicted molar refractivity (Wildman–Crippen MR) is 135 cm³/mol. The highest BCUT2D eigenvalue weighted by Gasteiger charge is 2.25. The molecule has 0 amide bonds. The van der Waals surface area contributed by atoms with E-state index in [0.29, 0.717) is 6.33 Å². The van der Waals surface area contributed by atoms with Gasteiger partial charge in [-0.3, -0.25) is 0 Å². The van der Waals surface area contributed by atoms with Gasteiger partial charge in [-0.15, -0.1) is 0 Å². The minimum absolute atomic E-state index is 0.709. The monoisotopic (exact) mass is 442 g/mol. The van der Waals surface area contributed by atoms with Gasteiger partial charge in [-0.2, -0.15) is 0 Å². The first-order valence-corrected chi connectivity index (χ1v) is 13.8. The van der Waals surface area contributed by atoms with Crippen molar-refractivity contribution in [3.63, 3.8) is 0 Å². The van der Waals surface area contributed by atoms with Crippen molar-refractivity contribution in [2.24, 2.45) is 17.8 Å². The summed E-state index contributed by atoms with van der Waals surface area (Å²) in [4.78, 5) is 0. The molecule has 2 fully saturated rings. The largest absolute Gasteiger partial charge is 0.494 e. The molecule has 2 saturated carbocycles. The summed E-state index contributed by atoms with van der Waals surface area (Å²) < 4.78 is 18.0. The molecule has 1 aromatic carbocycles. The summed E-state index contributed by atoms with van der Waals surface area (Å²) >= 11 is 0. The molecule has 0 saturated heterocycles. The number of hydrogen-bond acceptors (Lipinski definition) is 1. The predicted octanol–water partition coefficient (Wildman–Crippen LogP) is 9.77. The Labute approximate surface area is 197 Å². The van der Waals surface area contributed by atoms with E-state index in [2.05, 4.69) is 31.2 Å². The molecule has 0 aliphatic heterocycles. The van der Waals surface area contributed by atoms with Crippen molar-refractivity contribution in [1.29, 1.82) is 0 Å². The second-order valence-electron chi connectivity index (χ2n) is 10.6. The molecular weight excluding hydrogens is 395 g/mol. The highest BCUT2D eigenvalue weighted by molar-refractivity contribution is 5.29. The maximum atomic E-state index is 12.1. The minimum Gasteiger partial charge on any atom is -0.494 e. The van der Waals surface area contributed by atoms with E-state index in [4.69, 9.17) is 4.74 Å². The van der Waals surface area contributed by atoms with Crippen LogP contribution in [0.1, 0.15) is 121 Å². The van der Waals surface area contributed by atoms with Crippen LogP contribution in [0.3, 0.4) is 0 Å². The van der Waals surface area contributed by atoms with Crippen molar-refractivity contribution < 1.29 is 9.13 Å². The standard InChI is InChI=1S/C30H47FO/c1-2-3-4-7-24-32-30-21-19-29(20-22-30)28-17-15-27(16-18-28)14-13-26-11-9-25(10-12-26)8-5-6-23-31/h6,19-23,25-28H,2-5,7-18,24H2,1H3/t25-,26-,27-,28-. The Morgan fingerprint density at radius 1 is 0.781 bits per heavy atom.